The van der Waals surface area contributed by atoms with Crippen LogP contribution in [-0.2, 0) is 49.3 Å². The molecule has 0 unspecified atom stereocenters. The predicted octanol–water partition coefficient (Wildman–Crippen LogP) is -1.76. The Morgan fingerprint density at radius 2 is 0.769 bits per heavy atom. The minimum absolute atomic E-state index is 0. The summed E-state index contributed by atoms with van der Waals surface area (Å²) in [6, 6.07) is 0. The Kier molecular flexibility index (Phi) is 568. The van der Waals surface area contributed by atoms with Crippen LogP contribution in [0.15, 0.2) is 0 Å². The van der Waals surface area contributed by atoms with E-state index in [1.54, 1.807) is 0 Å². The van der Waals surface area contributed by atoms with Crippen LogP contribution in [0.5, 0.6) is 0 Å². The van der Waals surface area contributed by atoms with Crippen molar-refractivity contribution in [3.8, 4) is 0 Å². The second-order valence-electron chi connectivity index (χ2n) is 0.231. The van der Waals surface area contributed by atoms with E-state index in [2.05, 4.69) is 15.1 Å². The first kappa shape index (κ1) is 50.8. The molecule has 0 spiro atoms. The maximum Gasteiger partial charge on any atom is 0 e. The molecule has 0 amide bonds. The zero-order valence-electron chi connectivity index (χ0n) is 5.54. The average Bonchev–Trinajstić information content (AvgIpc) is 1.94. The zero-order valence-corrected chi connectivity index (χ0v) is 7.75. The van der Waals surface area contributed by atoms with Gasteiger partial charge in [0.1, 0.15) is 0 Å². The molecule has 0 aliphatic heterocycles. The first-order valence-electron chi connectivity index (χ1n) is 1.06. The largest absolute Gasteiger partial charge is 0.412 e. The van der Waals surface area contributed by atoms with E-state index in [9.17, 15) is 0 Å². The minimum atomic E-state index is 0. The molecule has 11 nitrogen and oxygen atoms in total. The van der Waals surface area contributed by atoms with Crippen molar-refractivity contribution in [2.24, 2.45) is 0 Å². The molecule has 0 fully saturated rings. The summed E-state index contributed by atoms with van der Waals surface area (Å²) < 4.78 is 0. The quantitative estimate of drug-likeness (QED) is 0.245. The minimum Gasteiger partial charge on any atom is -0.412 e. The van der Waals surface area contributed by atoms with Crippen molar-refractivity contribution in [3.63, 3.8) is 0 Å². The molecule has 13 heteroatoms. The molecule has 0 atom stereocenters. The Hall–Kier alpha value is 0.279. The number of hydrogen-bond acceptors (Lipinski definition) is 9. The van der Waals surface area contributed by atoms with Crippen LogP contribution >= 0.6 is 0 Å². The Morgan fingerprint density at radius 3 is 0.769 bits per heavy atom. The molecule has 0 radical (unpaired) electrons. The molecular formula is H8Fe2O11. The van der Waals surface area contributed by atoms with Crippen molar-refractivity contribution in [2.45, 2.75) is 0 Å². The third-order valence-electron chi connectivity index (χ3n) is 0.0333. The summed E-state index contributed by atoms with van der Waals surface area (Å²) in [5, 5.41) is 34.5. The van der Waals surface area contributed by atoms with Gasteiger partial charge in [-0.1, -0.05) is 5.04 Å². The van der Waals surface area contributed by atoms with Crippen LogP contribution in [0.3, 0.4) is 0 Å². The maximum absolute atomic E-state index is 7.00. The maximum atomic E-state index is 7.00. The molecule has 8 N–H and O–H groups in total. The van der Waals surface area contributed by atoms with E-state index in [1.165, 1.54) is 0 Å². The second kappa shape index (κ2) is 145. The Morgan fingerprint density at radius 1 is 0.692 bits per heavy atom. The van der Waals surface area contributed by atoms with Gasteiger partial charge >= 0.3 is 0 Å². The topological polar surface area (TPSA) is 206 Å². The van der Waals surface area contributed by atoms with Crippen LogP contribution in [0.25, 0.3) is 0 Å². The third kappa shape index (κ3) is 793. The van der Waals surface area contributed by atoms with E-state index >= 15 is 0 Å². The molecule has 0 bridgehead atoms. The van der Waals surface area contributed by atoms with Gasteiger partial charge in [-0.2, -0.15) is 0 Å². The normalized spacial score (nSPS) is 4.00. The van der Waals surface area contributed by atoms with Crippen LogP contribution in [0, 0.1) is 9.93 Å². The summed E-state index contributed by atoms with van der Waals surface area (Å²) >= 11 is 0. The van der Waals surface area contributed by atoms with Gasteiger partial charge < -0.3 is 11.0 Å². The fourth-order valence-electron chi connectivity index (χ4n) is 0. The van der Waals surface area contributed by atoms with Crippen LogP contribution in [0.4, 0.5) is 0 Å². The molecule has 0 aliphatic rings. The van der Waals surface area contributed by atoms with Crippen LogP contribution in [0.1, 0.15) is 0 Å². The van der Waals surface area contributed by atoms with Crippen molar-refractivity contribution in [1.82, 2.24) is 0 Å². The van der Waals surface area contributed by atoms with Crippen LogP contribution in [-0.4, -0.2) is 32.0 Å². The van der Waals surface area contributed by atoms with Gasteiger partial charge in [0, 0.05) is 44.1 Å². The van der Waals surface area contributed by atoms with E-state index in [4.69, 9.17) is 31.0 Å². The van der Waals surface area contributed by atoms with Crippen LogP contribution < -0.4 is 0 Å². The van der Waals surface area contributed by atoms with Gasteiger partial charge in [-0.15, -0.1) is 0 Å². The summed E-state index contributed by atoms with van der Waals surface area (Å²) in [5.74, 6) is 0. The molecule has 0 aliphatic carbocycles. The Bertz CT molecular complexity index is 22.1. The SMILES string of the molecule is O.O.O=O.OOO.OOOO.[Fe].[Fe]. The number of hydrogen-bond donors (Lipinski definition) is 4. The molecule has 0 saturated heterocycles. The fourth-order valence-corrected chi connectivity index (χ4v) is 0. The summed E-state index contributed by atoms with van der Waals surface area (Å²) in [7, 11) is 0. The third-order valence-corrected chi connectivity index (χ3v) is 0.0333. The molecule has 0 aromatic carbocycles. The zero-order chi connectivity index (χ0) is 8.12. The first-order chi connectivity index (χ1) is 4.33. The van der Waals surface area contributed by atoms with Crippen LogP contribution in [0.2, 0.25) is 0 Å². The summed E-state index contributed by atoms with van der Waals surface area (Å²) in [4.78, 5) is 14.0. The van der Waals surface area contributed by atoms with Gasteiger partial charge in [0.2, 0.25) is 0 Å². The van der Waals surface area contributed by atoms with E-state index in [0.29, 0.717) is 0 Å². The molecule has 0 rings (SSSR count). The molecule has 13 heavy (non-hydrogen) atoms. The van der Waals surface area contributed by atoms with E-state index in [1.807, 2.05) is 0 Å². The molecular weight excluding hydrogens is 288 g/mol. The summed E-state index contributed by atoms with van der Waals surface area (Å²) in [6.07, 6.45) is 0. The Labute approximate surface area is 91.6 Å². The van der Waals surface area contributed by atoms with Gasteiger partial charge in [-0.05, 0) is 10.1 Å². The van der Waals surface area contributed by atoms with Crippen molar-refractivity contribution >= 4 is 0 Å². The summed E-state index contributed by atoms with van der Waals surface area (Å²) in [5.41, 5.74) is 0. The van der Waals surface area contributed by atoms with Crippen molar-refractivity contribution in [3.05, 3.63) is 9.93 Å². The van der Waals surface area contributed by atoms with Crippen molar-refractivity contribution in [1.29, 1.82) is 0 Å². The second-order valence-corrected chi connectivity index (χ2v) is 0.231. The predicted molar refractivity (Wildman–Crippen MR) is 27.7 cm³/mol. The molecule has 90 valence electrons. The summed E-state index contributed by atoms with van der Waals surface area (Å²) in [6.45, 7) is 0. The van der Waals surface area contributed by atoms with Crippen molar-refractivity contribution < 1.29 is 81.2 Å². The Balaban J connectivity index is -0.00000000749. The van der Waals surface area contributed by atoms with Crippen molar-refractivity contribution in [2.75, 3.05) is 0 Å². The van der Waals surface area contributed by atoms with Gasteiger partial charge in [0.05, 0.1) is 0 Å². The van der Waals surface area contributed by atoms with Gasteiger partial charge in [-0.3, -0.25) is 0 Å². The molecule has 0 saturated carbocycles. The van der Waals surface area contributed by atoms with E-state index < -0.39 is 0 Å². The smallest absolute Gasteiger partial charge is 0 e. The van der Waals surface area contributed by atoms with Gasteiger partial charge in [0.15, 0.2) is 0 Å². The number of rotatable bonds is 1. The standard InChI is InChI=1S/2Fe.H2O4.H2O3.O2.2H2O/c;;1-3-4-2;1-3-2;1-2;;/h;;1-2H;1-2H;;2*1H2. The molecule has 0 heterocycles. The van der Waals surface area contributed by atoms with E-state index in [0.717, 1.165) is 0 Å². The van der Waals surface area contributed by atoms with Gasteiger partial charge in [-0.25, -0.2) is 21.0 Å². The average molecular weight is 296 g/mol. The molecule has 0 aromatic rings. The van der Waals surface area contributed by atoms with Gasteiger partial charge in [0.25, 0.3) is 0 Å². The van der Waals surface area contributed by atoms with E-state index in [-0.39, 0.29) is 45.1 Å². The monoisotopic (exact) mass is 296 g/mol. The first-order valence-corrected chi connectivity index (χ1v) is 1.06. The molecule has 0 aromatic heterocycles. The fraction of sp³-hybridized carbons (Fsp3) is 0.